The molecule has 0 saturated heterocycles. The predicted octanol–water partition coefficient (Wildman–Crippen LogP) is 5.09. The van der Waals surface area contributed by atoms with Crippen molar-refractivity contribution in [2.24, 2.45) is 0 Å². The number of benzene rings is 3. The SMILES string of the molecule is Cc1ccc(C)c(NC(=O)c2cccc(C(=O)Nc3ccc(F)cc3)c2F)c1. The molecule has 6 heteroatoms. The van der Waals surface area contributed by atoms with Crippen LogP contribution in [0.25, 0.3) is 0 Å². The zero-order chi connectivity index (χ0) is 20.3. The molecule has 0 fully saturated rings. The van der Waals surface area contributed by atoms with E-state index in [1.54, 1.807) is 6.07 Å². The predicted molar refractivity (Wildman–Crippen MR) is 105 cm³/mol. The fraction of sp³-hybridized carbons (Fsp3) is 0.0909. The van der Waals surface area contributed by atoms with Crippen molar-refractivity contribution in [1.82, 2.24) is 0 Å². The Hall–Kier alpha value is -3.54. The fourth-order valence-electron chi connectivity index (χ4n) is 2.67. The average molecular weight is 380 g/mol. The summed E-state index contributed by atoms with van der Waals surface area (Å²) in [5, 5.41) is 5.16. The standard InChI is InChI=1S/C22H18F2N2O2/c1-13-6-7-14(2)19(12-13)26-22(28)18-5-3-4-17(20(18)24)21(27)25-16-10-8-15(23)9-11-16/h3-12H,1-2H3,(H,25,27)(H,26,28). The molecule has 2 N–H and O–H groups in total. The molecule has 0 heterocycles. The molecule has 0 aliphatic carbocycles. The van der Waals surface area contributed by atoms with Gasteiger partial charge in [0.15, 0.2) is 0 Å². The molecule has 0 aromatic heterocycles. The number of halogens is 2. The van der Waals surface area contributed by atoms with Crippen LogP contribution in [0.5, 0.6) is 0 Å². The lowest BCUT2D eigenvalue weighted by Gasteiger charge is -2.12. The molecular formula is C22H18F2N2O2. The van der Waals surface area contributed by atoms with Crippen LogP contribution in [-0.4, -0.2) is 11.8 Å². The molecule has 3 rings (SSSR count). The summed E-state index contributed by atoms with van der Waals surface area (Å²) in [4.78, 5) is 24.9. The normalized spacial score (nSPS) is 10.4. The maximum absolute atomic E-state index is 14.8. The van der Waals surface area contributed by atoms with Gasteiger partial charge in [-0.15, -0.1) is 0 Å². The Kier molecular flexibility index (Phi) is 5.49. The molecule has 0 atom stereocenters. The summed E-state index contributed by atoms with van der Waals surface area (Å²) < 4.78 is 27.8. The van der Waals surface area contributed by atoms with Gasteiger partial charge < -0.3 is 10.6 Å². The molecule has 3 aromatic rings. The second-order valence-corrected chi connectivity index (χ2v) is 6.40. The highest BCUT2D eigenvalue weighted by molar-refractivity contribution is 6.09. The van der Waals surface area contributed by atoms with Gasteiger partial charge in [-0.2, -0.15) is 0 Å². The van der Waals surface area contributed by atoms with Gasteiger partial charge >= 0.3 is 0 Å². The monoisotopic (exact) mass is 380 g/mol. The first kappa shape index (κ1) is 19.2. The molecule has 142 valence electrons. The van der Waals surface area contributed by atoms with Crippen molar-refractivity contribution in [3.05, 3.63) is 94.6 Å². The number of carbonyl (C=O) groups is 2. The van der Waals surface area contributed by atoms with E-state index in [0.717, 1.165) is 11.1 Å². The second-order valence-electron chi connectivity index (χ2n) is 6.40. The van der Waals surface area contributed by atoms with E-state index in [1.807, 2.05) is 26.0 Å². The molecule has 0 bridgehead atoms. The van der Waals surface area contributed by atoms with Gasteiger partial charge in [0.25, 0.3) is 11.8 Å². The second kappa shape index (κ2) is 8.00. The van der Waals surface area contributed by atoms with E-state index in [0.29, 0.717) is 11.4 Å². The summed E-state index contributed by atoms with van der Waals surface area (Å²) in [5.41, 5.74) is 2.16. The van der Waals surface area contributed by atoms with Gasteiger partial charge in [0, 0.05) is 11.4 Å². The minimum Gasteiger partial charge on any atom is -0.322 e. The van der Waals surface area contributed by atoms with Crippen molar-refractivity contribution in [2.45, 2.75) is 13.8 Å². The van der Waals surface area contributed by atoms with Gasteiger partial charge in [-0.05, 0) is 67.4 Å². The van der Waals surface area contributed by atoms with Crippen LogP contribution < -0.4 is 10.6 Å². The third-order valence-corrected chi connectivity index (χ3v) is 4.23. The number of rotatable bonds is 4. The number of carbonyl (C=O) groups excluding carboxylic acids is 2. The van der Waals surface area contributed by atoms with E-state index >= 15 is 0 Å². The lowest BCUT2D eigenvalue weighted by atomic mass is 10.1. The maximum atomic E-state index is 14.8. The summed E-state index contributed by atoms with van der Waals surface area (Å²) in [5.74, 6) is -2.76. The van der Waals surface area contributed by atoms with Crippen LogP contribution in [0.3, 0.4) is 0 Å². The summed E-state index contributed by atoms with van der Waals surface area (Å²) >= 11 is 0. The smallest absolute Gasteiger partial charge is 0.258 e. The van der Waals surface area contributed by atoms with Crippen LogP contribution >= 0.6 is 0 Å². The average Bonchev–Trinajstić information content (AvgIpc) is 2.66. The quantitative estimate of drug-likeness (QED) is 0.663. The van der Waals surface area contributed by atoms with Crippen LogP contribution in [0.2, 0.25) is 0 Å². The van der Waals surface area contributed by atoms with Gasteiger partial charge in [0.2, 0.25) is 0 Å². The Labute approximate surface area is 161 Å². The minimum absolute atomic E-state index is 0.243. The molecule has 3 aromatic carbocycles. The highest BCUT2D eigenvalue weighted by Gasteiger charge is 2.20. The third-order valence-electron chi connectivity index (χ3n) is 4.23. The summed E-state index contributed by atoms with van der Waals surface area (Å²) in [7, 11) is 0. The Morgan fingerprint density at radius 1 is 0.786 bits per heavy atom. The van der Waals surface area contributed by atoms with E-state index in [-0.39, 0.29) is 11.1 Å². The minimum atomic E-state index is -0.926. The molecule has 0 aliphatic rings. The fourth-order valence-corrected chi connectivity index (χ4v) is 2.67. The van der Waals surface area contributed by atoms with Gasteiger partial charge in [-0.3, -0.25) is 9.59 Å². The Morgan fingerprint density at radius 3 is 2.04 bits per heavy atom. The van der Waals surface area contributed by atoms with Gasteiger partial charge in [0.05, 0.1) is 11.1 Å². The number of anilines is 2. The molecule has 2 amide bonds. The maximum Gasteiger partial charge on any atom is 0.258 e. The van der Waals surface area contributed by atoms with Crippen LogP contribution in [0.4, 0.5) is 20.2 Å². The molecule has 0 unspecified atom stereocenters. The first-order valence-corrected chi connectivity index (χ1v) is 8.59. The van der Waals surface area contributed by atoms with Crippen molar-refractivity contribution < 1.29 is 18.4 Å². The van der Waals surface area contributed by atoms with E-state index in [9.17, 15) is 18.4 Å². The van der Waals surface area contributed by atoms with E-state index in [1.165, 1.54) is 42.5 Å². The zero-order valence-corrected chi connectivity index (χ0v) is 15.3. The van der Waals surface area contributed by atoms with Crippen molar-refractivity contribution in [3.63, 3.8) is 0 Å². The first-order chi connectivity index (χ1) is 13.3. The van der Waals surface area contributed by atoms with Gasteiger partial charge in [-0.1, -0.05) is 18.2 Å². The number of aryl methyl sites for hydroxylation is 2. The Morgan fingerprint density at radius 2 is 1.39 bits per heavy atom. The number of amides is 2. The Balaban J connectivity index is 1.83. The lowest BCUT2D eigenvalue weighted by molar-refractivity contribution is 0.102. The summed E-state index contributed by atoms with van der Waals surface area (Å²) in [6.45, 7) is 3.72. The van der Waals surface area contributed by atoms with E-state index < -0.39 is 23.4 Å². The summed E-state index contributed by atoms with van der Waals surface area (Å²) in [6.07, 6.45) is 0. The van der Waals surface area contributed by atoms with Gasteiger partial charge in [0.1, 0.15) is 11.6 Å². The lowest BCUT2D eigenvalue weighted by Crippen LogP contribution is -2.19. The molecule has 0 aliphatic heterocycles. The van der Waals surface area contributed by atoms with E-state index in [2.05, 4.69) is 10.6 Å². The molecule has 0 saturated carbocycles. The zero-order valence-electron chi connectivity index (χ0n) is 15.3. The number of hydrogen-bond acceptors (Lipinski definition) is 2. The first-order valence-electron chi connectivity index (χ1n) is 8.59. The number of nitrogens with one attached hydrogen (secondary N) is 2. The highest BCUT2D eigenvalue weighted by atomic mass is 19.1. The molecule has 0 radical (unpaired) electrons. The van der Waals surface area contributed by atoms with Crippen molar-refractivity contribution >= 4 is 23.2 Å². The highest BCUT2D eigenvalue weighted by Crippen LogP contribution is 2.20. The largest absolute Gasteiger partial charge is 0.322 e. The third kappa shape index (κ3) is 4.23. The molecule has 4 nitrogen and oxygen atoms in total. The van der Waals surface area contributed by atoms with Crippen LogP contribution in [0, 0.1) is 25.5 Å². The molecule has 0 spiro atoms. The van der Waals surface area contributed by atoms with Crippen molar-refractivity contribution in [1.29, 1.82) is 0 Å². The molecule has 28 heavy (non-hydrogen) atoms. The van der Waals surface area contributed by atoms with Crippen LogP contribution in [0.1, 0.15) is 31.8 Å². The van der Waals surface area contributed by atoms with E-state index in [4.69, 9.17) is 0 Å². The van der Waals surface area contributed by atoms with Crippen LogP contribution in [-0.2, 0) is 0 Å². The topological polar surface area (TPSA) is 58.2 Å². The van der Waals surface area contributed by atoms with Gasteiger partial charge in [-0.25, -0.2) is 8.78 Å². The Bertz CT molecular complexity index is 1050. The molecular weight excluding hydrogens is 362 g/mol. The number of hydrogen-bond donors (Lipinski definition) is 2. The van der Waals surface area contributed by atoms with Crippen molar-refractivity contribution in [2.75, 3.05) is 10.6 Å². The van der Waals surface area contributed by atoms with Crippen LogP contribution in [0.15, 0.2) is 60.7 Å². The summed E-state index contributed by atoms with van der Waals surface area (Å²) in [6, 6.07) is 14.7. The van der Waals surface area contributed by atoms with Crippen molar-refractivity contribution in [3.8, 4) is 0 Å².